The van der Waals surface area contributed by atoms with Crippen molar-refractivity contribution in [3.63, 3.8) is 0 Å². The second-order valence-electron chi connectivity index (χ2n) is 1.95. The van der Waals surface area contributed by atoms with E-state index >= 15 is 0 Å². The van der Waals surface area contributed by atoms with Crippen molar-refractivity contribution in [2.24, 2.45) is 0 Å². The van der Waals surface area contributed by atoms with E-state index in [0.29, 0.717) is 11.3 Å². The lowest BCUT2D eigenvalue weighted by molar-refractivity contribution is -0.105. The van der Waals surface area contributed by atoms with E-state index in [1.54, 1.807) is 24.3 Å². The fourth-order valence-corrected chi connectivity index (χ4v) is 0.802. The van der Waals surface area contributed by atoms with Crippen LogP contribution in [0.25, 0.3) is 0 Å². The van der Waals surface area contributed by atoms with Crippen LogP contribution in [0.3, 0.4) is 0 Å². The van der Waals surface area contributed by atoms with Gasteiger partial charge in [0.2, 0.25) is 0 Å². The van der Waals surface area contributed by atoms with Crippen molar-refractivity contribution in [1.29, 1.82) is 0 Å². The van der Waals surface area contributed by atoms with Crippen molar-refractivity contribution in [2.45, 2.75) is 0 Å². The predicted molar refractivity (Wildman–Crippen MR) is 45.4 cm³/mol. The third kappa shape index (κ3) is 2.60. The lowest BCUT2D eigenvalue weighted by Crippen LogP contribution is -1.93. The molecule has 0 saturated heterocycles. The molecule has 3 heteroatoms. The molecule has 1 aromatic rings. The van der Waals surface area contributed by atoms with Crippen LogP contribution < -0.4 is 5.32 Å². The molecule has 0 amide bonds. The molecule has 0 aliphatic carbocycles. The highest BCUT2D eigenvalue weighted by atomic mass is 35.5. The van der Waals surface area contributed by atoms with E-state index in [-0.39, 0.29) is 0 Å². The Morgan fingerprint density at radius 3 is 2.45 bits per heavy atom. The average molecular weight is 169 g/mol. The Labute approximate surface area is 70.2 Å². The smallest absolute Gasteiger partial charge is 0.144 e. The van der Waals surface area contributed by atoms with E-state index in [1.165, 1.54) is 6.54 Å². The number of benzene rings is 1. The number of hydrogen-bond acceptors (Lipinski definition) is 2. The molecule has 0 saturated carbocycles. The molecule has 0 fully saturated rings. The van der Waals surface area contributed by atoms with Gasteiger partial charge in [0, 0.05) is 10.7 Å². The van der Waals surface area contributed by atoms with Gasteiger partial charge in [-0.25, -0.2) is 0 Å². The van der Waals surface area contributed by atoms with Crippen LogP contribution in [0.5, 0.6) is 0 Å². The van der Waals surface area contributed by atoms with Gasteiger partial charge in [0.15, 0.2) is 0 Å². The molecule has 0 aliphatic heterocycles. The summed E-state index contributed by atoms with van der Waals surface area (Å²) < 4.78 is 0. The highest BCUT2D eigenvalue weighted by Crippen LogP contribution is 2.12. The topological polar surface area (TPSA) is 29.1 Å². The van der Waals surface area contributed by atoms with E-state index in [2.05, 4.69) is 5.32 Å². The number of carbonyl (C=O) groups excluding carboxylic acids is 1. The summed E-state index contributed by atoms with van der Waals surface area (Å²) in [4.78, 5) is 9.90. The molecular weight excluding hydrogens is 162 g/mol. The molecule has 2 nitrogen and oxygen atoms in total. The van der Waals surface area contributed by atoms with Gasteiger partial charge in [0.25, 0.3) is 0 Å². The lowest BCUT2D eigenvalue weighted by Gasteiger charge is -1.99. The quantitative estimate of drug-likeness (QED) is 0.701. The maximum Gasteiger partial charge on any atom is 0.144 e. The Morgan fingerprint density at radius 2 is 1.91 bits per heavy atom. The van der Waals surface area contributed by atoms with Crippen molar-refractivity contribution in [2.75, 3.05) is 5.32 Å². The molecule has 0 spiro atoms. The zero-order valence-corrected chi connectivity index (χ0v) is 6.51. The Hall–Kier alpha value is -1.02. The molecule has 1 aromatic carbocycles. The Bertz CT molecular complexity index is 232. The maximum absolute atomic E-state index is 9.90. The minimum atomic E-state index is 0.682. The summed E-state index contributed by atoms with van der Waals surface area (Å²) in [6, 6.07) is 7.09. The summed E-state index contributed by atoms with van der Waals surface area (Å²) in [6.45, 7) is 1.32. The van der Waals surface area contributed by atoms with Gasteiger partial charge in [-0.15, -0.1) is 0 Å². The Kier molecular flexibility index (Phi) is 2.93. The molecule has 1 rings (SSSR count). The molecule has 1 N–H and O–H groups in total. The summed E-state index contributed by atoms with van der Waals surface area (Å²) >= 11 is 5.64. The first-order valence-corrected chi connectivity index (χ1v) is 3.50. The first-order valence-electron chi connectivity index (χ1n) is 3.12. The third-order valence-corrected chi connectivity index (χ3v) is 1.41. The summed E-state index contributed by atoms with van der Waals surface area (Å²) in [7, 11) is 0. The van der Waals surface area contributed by atoms with E-state index in [0.717, 1.165) is 5.69 Å². The van der Waals surface area contributed by atoms with Crippen molar-refractivity contribution < 1.29 is 4.79 Å². The van der Waals surface area contributed by atoms with Crippen molar-refractivity contribution >= 4 is 23.6 Å². The first-order chi connectivity index (χ1) is 5.33. The van der Waals surface area contributed by atoms with Gasteiger partial charge in [-0.1, -0.05) is 11.6 Å². The highest BCUT2D eigenvalue weighted by Gasteiger charge is 1.89. The predicted octanol–water partition coefficient (Wildman–Crippen LogP) is 2.11. The van der Waals surface area contributed by atoms with Crippen molar-refractivity contribution in [1.82, 2.24) is 0 Å². The number of nitrogens with one attached hydrogen (secondary N) is 1. The molecule has 0 aliphatic rings. The van der Waals surface area contributed by atoms with Crippen LogP contribution in [-0.2, 0) is 4.79 Å². The molecule has 0 unspecified atom stereocenters. The molecule has 57 valence electrons. The first kappa shape index (κ1) is 8.08. The fraction of sp³-hybridized carbons (Fsp3) is 0. The van der Waals surface area contributed by atoms with Gasteiger partial charge in [0.1, 0.15) is 12.8 Å². The van der Waals surface area contributed by atoms with Crippen molar-refractivity contribution in [3.05, 3.63) is 35.8 Å². The molecule has 0 aromatic heterocycles. The molecule has 0 bridgehead atoms. The monoisotopic (exact) mass is 168 g/mol. The van der Waals surface area contributed by atoms with Gasteiger partial charge in [0.05, 0.1) is 0 Å². The second kappa shape index (κ2) is 3.98. The number of aldehydes is 1. The van der Waals surface area contributed by atoms with Gasteiger partial charge in [-0.05, 0) is 24.3 Å². The third-order valence-electron chi connectivity index (χ3n) is 1.16. The normalized spacial score (nSPS) is 9.18. The van der Waals surface area contributed by atoms with Crippen molar-refractivity contribution in [3.8, 4) is 0 Å². The highest BCUT2D eigenvalue weighted by molar-refractivity contribution is 6.30. The lowest BCUT2D eigenvalue weighted by atomic mass is 10.3. The SMILES string of the molecule is O=C[CH]Nc1ccc(Cl)cc1. The fourth-order valence-electron chi connectivity index (χ4n) is 0.676. The van der Waals surface area contributed by atoms with E-state index in [1.807, 2.05) is 0 Å². The molecule has 1 radical (unpaired) electrons. The summed E-state index contributed by atoms with van der Waals surface area (Å²) in [5.74, 6) is 0. The zero-order chi connectivity index (χ0) is 8.10. The minimum Gasteiger partial charge on any atom is -0.373 e. The summed E-state index contributed by atoms with van der Waals surface area (Å²) in [5, 5.41) is 3.45. The number of rotatable bonds is 3. The van der Waals surface area contributed by atoms with Crippen LogP contribution in [0.2, 0.25) is 5.02 Å². The maximum atomic E-state index is 9.90. The van der Waals surface area contributed by atoms with Gasteiger partial charge in [-0.3, -0.25) is 0 Å². The summed E-state index contributed by atoms with van der Waals surface area (Å²) in [5.41, 5.74) is 0.849. The Balaban J connectivity index is 2.58. The zero-order valence-electron chi connectivity index (χ0n) is 5.75. The minimum absolute atomic E-state index is 0.682. The van der Waals surface area contributed by atoms with Crippen LogP contribution in [-0.4, -0.2) is 6.29 Å². The molecule has 0 heterocycles. The largest absolute Gasteiger partial charge is 0.373 e. The summed E-state index contributed by atoms with van der Waals surface area (Å²) in [6.07, 6.45) is 0.689. The van der Waals surface area contributed by atoms with Crippen LogP contribution in [0.1, 0.15) is 0 Å². The number of carbonyl (C=O) groups is 1. The van der Waals surface area contributed by atoms with E-state index < -0.39 is 0 Å². The van der Waals surface area contributed by atoms with Crippen LogP contribution >= 0.6 is 11.6 Å². The van der Waals surface area contributed by atoms with Crippen LogP contribution in [0.15, 0.2) is 24.3 Å². The van der Waals surface area contributed by atoms with E-state index in [9.17, 15) is 4.79 Å². The Morgan fingerprint density at radius 1 is 1.27 bits per heavy atom. The number of halogens is 1. The van der Waals surface area contributed by atoms with Crippen LogP contribution in [0.4, 0.5) is 5.69 Å². The van der Waals surface area contributed by atoms with Crippen LogP contribution in [0, 0.1) is 6.54 Å². The van der Waals surface area contributed by atoms with Gasteiger partial charge >= 0.3 is 0 Å². The number of anilines is 1. The molecular formula is C8H7ClNO. The number of hydrogen-bond donors (Lipinski definition) is 1. The van der Waals surface area contributed by atoms with Gasteiger partial charge < -0.3 is 10.1 Å². The molecule has 11 heavy (non-hydrogen) atoms. The average Bonchev–Trinajstić information content (AvgIpc) is 2.04. The molecule has 0 atom stereocenters. The standard InChI is InChI=1S/C8H7ClNO/c9-7-1-3-8(4-2-7)10-5-6-11/h1-6,10H. The van der Waals surface area contributed by atoms with Gasteiger partial charge in [-0.2, -0.15) is 0 Å². The van der Waals surface area contributed by atoms with E-state index in [4.69, 9.17) is 11.6 Å². The second-order valence-corrected chi connectivity index (χ2v) is 2.39.